The van der Waals surface area contributed by atoms with E-state index in [1.54, 1.807) is 38.1 Å². The van der Waals surface area contributed by atoms with Crippen LogP contribution in [0, 0.1) is 0 Å². The zero-order chi connectivity index (χ0) is 23.4. The van der Waals surface area contributed by atoms with Crippen LogP contribution in [0.25, 0.3) is 10.9 Å². The van der Waals surface area contributed by atoms with E-state index in [4.69, 9.17) is 32.7 Å². The highest BCUT2D eigenvalue weighted by molar-refractivity contribution is 9.10. The number of carbonyl (C=O) groups is 1. The van der Waals surface area contributed by atoms with E-state index in [0.29, 0.717) is 28.7 Å². The molecule has 0 radical (unpaired) electrons. The van der Waals surface area contributed by atoms with Gasteiger partial charge in [-0.2, -0.15) is 9.78 Å². The van der Waals surface area contributed by atoms with Gasteiger partial charge in [0, 0.05) is 10.9 Å². The summed E-state index contributed by atoms with van der Waals surface area (Å²) >= 11 is 16.0. The molecule has 0 aliphatic carbocycles. The lowest BCUT2D eigenvalue weighted by atomic mass is 10.2. The second-order valence-corrected chi connectivity index (χ2v) is 8.46. The first kappa shape index (κ1) is 24.2. The minimum atomic E-state index is -0.877. The molecule has 0 aliphatic rings. The van der Waals surface area contributed by atoms with Crippen molar-refractivity contribution in [1.82, 2.24) is 9.66 Å². The molecule has 1 aromatic heterocycles. The summed E-state index contributed by atoms with van der Waals surface area (Å²) in [6.07, 6.45) is 1.10. The second kappa shape index (κ2) is 10.5. The van der Waals surface area contributed by atoms with E-state index in [1.807, 2.05) is 13.0 Å². The van der Waals surface area contributed by atoms with Gasteiger partial charge in [0.05, 0.1) is 33.8 Å². The van der Waals surface area contributed by atoms with Gasteiger partial charge in [0.1, 0.15) is 5.82 Å². The molecule has 0 amide bonds. The molecule has 7 nitrogen and oxygen atoms in total. The third-order valence-corrected chi connectivity index (χ3v) is 5.50. The van der Waals surface area contributed by atoms with Crippen molar-refractivity contribution in [2.24, 2.45) is 5.10 Å². The Hall–Kier alpha value is -2.42. The van der Waals surface area contributed by atoms with Gasteiger partial charge in [0.25, 0.3) is 5.56 Å². The lowest BCUT2D eigenvalue weighted by molar-refractivity contribution is -0.150. The number of carbonyl (C=O) groups excluding carboxylic acids is 1. The minimum absolute atomic E-state index is 0.162. The SMILES string of the molecule is CCOC(=O)[C@H](C)Oc1c(Cl)cc(C=Nn2c(CC)nc3ccc(Br)cc3c2=O)cc1Cl. The van der Waals surface area contributed by atoms with Gasteiger partial charge in [-0.3, -0.25) is 4.79 Å². The van der Waals surface area contributed by atoms with Gasteiger partial charge in [0.2, 0.25) is 0 Å². The van der Waals surface area contributed by atoms with Crippen LogP contribution in [0.2, 0.25) is 10.0 Å². The predicted octanol–water partition coefficient (Wildman–Crippen LogP) is 5.24. The Morgan fingerprint density at radius 1 is 1.25 bits per heavy atom. The van der Waals surface area contributed by atoms with Crippen LogP contribution in [0.3, 0.4) is 0 Å². The van der Waals surface area contributed by atoms with Crippen molar-refractivity contribution in [3.8, 4) is 5.75 Å². The number of benzene rings is 2. The quantitative estimate of drug-likeness (QED) is 0.302. The molecule has 10 heteroatoms. The van der Waals surface area contributed by atoms with Crippen molar-refractivity contribution in [2.75, 3.05) is 6.61 Å². The van der Waals surface area contributed by atoms with E-state index in [9.17, 15) is 9.59 Å². The van der Waals surface area contributed by atoms with E-state index in [2.05, 4.69) is 26.0 Å². The van der Waals surface area contributed by atoms with Gasteiger partial charge in [-0.25, -0.2) is 9.78 Å². The molecule has 0 saturated carbocycles. The van der Waals surface area contributed by atoms with Crippen LogP contribution in [-0.4, -0.2) is 34.6 Å². The van der Waals surface area contributed by atoms with Crippen molar-refractivity contribution in [1.29, 1.82) is 0 Å². The highest BCUT2D eigenvalue weighted by Gasteiger charge is 2.19. The lowest BCUT2D eigenvalue weighted by Crippen LogP contribution is -2.26. The van der Waals surface area contributed by atoms with Crippen LogP contribution in [-0.2, 0) is 16.0 Å². The summed E-state index contributed by atoms with van der Waals surface area (Å²) in [5, 5.41) is 5.15. The predicted molar refractivity (Wildman–Crippen MR) is 129 cm³/mol. The zero-order valence-electron chi connectivity index (χ0n) is 17.6. The standard InChI is InChI=1S/C22H20BrCl2N3O4/c1-4-19-27-18-7-6-14(23)10-15(18)21(29)28(19)26-11-13-8-16(24)20(17(25)9-13)32-12(3)22(30)31-5-2/h6-12H,4-5H2,1-3H3/t12-/m0/s1. The van der Waals surface area contributed by atoms with Crippen LogP contribution in [0.15, 0.2) is 44.7 Å². The molecule has 0 spiro atoms. The first-order valence-corrected chi connectivity index (χ1v) is 11.4. The maximum atomic E-state index is 13.0. The fraction of sp³-hybridized carbons (Fsp3) is 0.273. The molecule has 168 valence electrons. The summed E-state index contributed by atoms with van der Waals surface area (Å²) in [5.74, 6) is 0.156. The van der Waals surface area contributed by atoms with Crippen molar-refractivity contribution >= 4 is 62.2 Å². The largest absolute Gasteiger partial charge is 0.476 e. The number of aromatic nitrogens is 2. The molecular weight excluding hydrogens is 521 g/mol. The number of hydrogen-bond donors (Lipinski definition) is 0. The summed E-state index contributed by atoms with van der Waals surface area (Å²) in [4.78, 5) is 29.3. The third-order valence-electron chi connectivity index (χ3n) is 4.45. The van der Waals surface area contributed by atoms with E-state index in [1.165, 1.54) is 10.9 Å². The molecule has 3 rings (SSSR count). The van der Waals surface area contributed by atoms with Gasteiger partial charge in [-0.05, 0) is 49.7 Å². The molecule has 0 aliphatic heterocycles. The van der Waals surface area contributed by atoms with Gasteiger partial charge in [-0.1, -0.05) is 46.1 Å². The molecule has 0 fully saturated rings. The Balaban J connectivity index is 1.95. The topological polar surface area (TPSA) is 82.8 Å². The lowest BCUT2D eigenvalue weighted by Gasteiger charge is -2.16. The molecule has 0 unspecified atom stereocenters. The third kappa shape index (κ3) is 5.31. The molecule has 1 atom stereocenters. The Morgan fingerprint density at radius 3 is 2.56 bits per heavy atom. The number of esters is 1. The molecule has 32 heavy (non-hydrogen) atoms. The van der Waals surface area contributed by atoms with E-state index >= 15 is 0 Å². The van der Waals surface area contributed by atoms with Crippen LogP contribution >= 0.6 is 39.1 Å². The number of ether oxygens (including phenoxy) is 2. The maximum absolute atomic E-state index is 13.0. The smallest absolute Gasteiger partial charge is 0.347 e. The molecule has 1 heterocycles. The molecule has 0 saturated heterocycles. The summed E-state index contributed by atoms with van der Waals surface area (Å²) < 4.78 is 12.5. The van der Waals surface area contributed by atoms with Crippen LogP contribution in [0.1, 0.15) is 32.2 Å². The van der Waals surface area contributed by atoms with Crippen molar-refractivity contribution in [2.45, 2.75) is 33.3 Å². The van der Waals surface area contributed by atoms with E-state index in [0.717, 1.165) is 4.47 Å². The van der Waals surface area contributed by atoms with Crippen LogP contribution in [0.5, 0.6) is 5.75 Å². The highest BCUT2D eigenvalue weighted by atomic mass is 79.9. The highest BCUT2D eigenvalue weighted by Crippen LogP contribution is 2.34. The number of hydrogen-bond acceptors (Lipinski definition) is 6. The first-order chi connectivity index (χ1) is 15.2. The van der Waals surface area contributed by atoms with Gasteiger partial charge in [0.15, 0.2) is 11.9 Å². The fourth-order valence-electron chi connectivity index (χ4n) is 2.92. The molecule has 2 aromatic carbocycles. The molecule has 0 bridgehead atoms. The van der Waals surface area contributed by atoms with Gasteiger partial charge >= 0.3 is 5.97 Å². The maximum Gasteiger partial charge on any atom is 0.347 e. The first-order valence-electron chi connectivity index (χ1n) is 9.83. The summed E-state index contributed by atoms with van der Waals surface area (Å²) in [7, 11) is 0. The summed E-state index contributed by atoms with van der Waals surface area (Å²) in [5.41, 5.74) is 0.856. The average Bonchev–Trinajstić information content (AvgIpc) is 2.75. The van der Waals surface area contributed by atoms with Crippen molar-refractivity contribution in [3.05, 3.63) is 66.6 Å². The van der Waals surface area contributed by atoms with Crippen LogP contribution in [0.4, 0.5) is 0 Å². The van der Waals surface area contributed by atoms with Crippen molar-refractivity contribution < 1.29 is 14.3 Å². The monoisotopic (exact) mass is 539 g/mol. The molecule has 0 N–H and O–H groups in total. The number of nitrogens with zero attached hydrogens (tertiary/aromatic N) is 3. The summed E-state index contributed by atoms with van der Waals surface area (Å²) in [6.45, 7) is 5.38. The Kier molecular flexibility index (Phi) is 7.92. The Morgan fingerprint density at radius 2 is 1.94 bits per heavy atom. The molecular formula is C22H20BrCl2N3O4. The van der Waals surface area contributed by atoms with E-state index in [-0.39, 0.29) is 28.0 Å². The van der Waals surface area contributed by atoms with Gasteiger partial charge in [-0.15, -0.1) is 0 Å². The average molecular weight is 541 g/mol. The minimum Gasteiger partial charge on any atom is -0.476 e. The number of fused-ring (bicyclic) bond motifs is 1. The second-order valence-electron chi connectivity index (χ2n) is 6.73. The summed E-state index contributed by atoms with van der Waals surface area (Å²) in [6, 6.07) is 8.47. The Labute approximate surface area is 203 Å². The number of rotatable bonds is 7. The number of aryl methyl sites for hydroxylation is 1. The van der Waals surface area contributed by atoms with Gasteiger partial charge < -0.3 is 9.47 Å². The van der Waals surface area contributed by atoms with E-state index < -0.39 is 12.1 Å². The normalized spacial score (nSPS) is 12.3. The van der Waals surface area contributed by atoms with Crippen LogP contribution < -0.4 is 10.3 Å². The fourth-order valence-corrected chi connectivity index (χ4v) is 3.87. The van der Waals surface area contributed by atoms with Crippen molar-refractivity contribution in [3.63, 3.8) is 0 Å². The molecule has 3 aromatic rings. The Bertz CT molecular complexity index is 1240. The number of halogens is 3. The zero-order valence-corrected chi connectivity index (χ0v) is 20.7.